The van der Waals surface area contributed by atoms with Gasteiger partial charge in [0, 0.05) is 5.69 Å². The molecule has 0 spiro atoms. The van der Waals surface area contributed by atoms with Crippen LogP contribution in [0.2, 0.25) is 0 Å². The normalized spacial score (nSPS) is 10.1. The maximum absolute atomic E-state index is 5.51. The highest BCUT2D eigenvalue weighted by Crippen LogP contribution is 2.15. The summed E-state index contributed by atoms with van der Waals surface area (Å²) < 4.78 is 0. The van der Waals surface area contributed by atoms with Gasteiger partial charge < -0.3 is 11.1 Å². The SMILES string of the molecule is CCc1cccc(Nc2ncc(N)cn2)c1. The van der Waals surface area contributed by atoms with E-state index in [2.05, 4.69) is 34.3 Å². The van der Waals surface area contributed by atoms with E-state index >= 15 is 0 Å². The summed E-state index contributed by atoms with van der Waals surface area (Å²) in [6, 6.07) is 8.17. The number of hydrogen-bond acceptors (Lipinski definition) is 4. The molecule has 0 fully saturated rings. The third-order valence-electron chi connectivity index (χ3n) is 2.26. The molecule has 16 heavy (non-hydrogen) atoms. The lowest BCUT2D eigenvalue weighted by Crippen LogP contribution is -1.98. The predicted molar refractivity (Wildman–Crippen MR) is 65.5 cm³/mol. The van der Waals surface area contributed by atoms with Gasteiger partial charge in [-0.15, -0.1) is 0 Å². The van der Waals surface area contributed by atoms with Crippen molar-refractivity contribution in [2.45, 2.75) is 13.3 Å². The van der Waals surface area contributed by atoms with Gasteiger partial charge in [0.1, 0.15) is 0 Å². The number of rotatable bonds is 3. The molecule has 0 bridgehead atoms. The number of nitrogens with one attached hydrogen (secondary N) is 1. The average molecular weight is 214 g/mol. The molecular weight excluding hydrogens is 200 g/mol. The molecule has 3 N–H and O–H groups in total. The lowest BCUT2D eigenvalue weighted by molar-refractivity contribution is 1.13. The number of nitrogens with two attached hydrogens (primary N) is 1. The Kier molecular flexibility index (Phi) is 3.00. The molecule has 2 aromatic rings. The molecule has 0 saturated carbocycles. The summed E-state index contributed by atoms with van der Waals surface area (Å²) in [6.07, 6.45) is 4.18. The van der Waals surface area contributed by atoms with E-state index in [9.17, 15) is 0 Å². The summed E-state index contributed by atoms with van der Waals surface area (Å²) in [4.78, 5) is 8.16. The molecule has 2 rings (SSSR count). The predicted octanol–water partition coefficient (Wildman–Crippen LogP) is 2.36. The molecule has 82 valence electrons. The topological polar surface area (TPSA) is 63.8 Å². The minimum absolute atomic E-state index is 0.558. The highest BCUT2D eigenvalue weighted by molar-refractivity contribution is 5.54. The van der Waals surface area contributed by atoms with Crippen molar-refractivity contribution in [2.24, 2.45) is 0 Å². The highest BCUT2D eigenvalue weighted by atomic mass is 15.1. The van der Waals surface area contributed by atoms with Crippen molar-refractivity contribution in [1.29, 1.82) is 0 Å². The molecular formula is C12H14N4. The van der Waals surface area contributed by atoms with Gasteiger partial charge in [0.25, 0.3) is 0 Å². The summed E-state index contributed by atoms with van der Waals surface area (Å²) in [6.45, 7) is 2.12. The largest absolute Gasteiger partial charge is 0.396 e. The van der Waals surface area contributed by atoms with Crippen LogP contribution in [0.15, 0.2) is 36.7 Å². The summed E-state index contributed by atoms with van der Waals surface area (Å²) in [5.74, 6) is 0.558. The fraction of sp³-hybridized carbons (Fsp3) is 0.167. The molecule has 1 aromatic carbocycles. The van der Waals surface area contributed by atoms with Crippen LogP contribution in [-0.4, -0.2) is 9.97 Å². The summed E-state index contributed by atoms with van der Waals surface area (Å²) in [5, 5.41) is 3.13. The van der Waals surface area contributed by atoms with Crippen molar-refractivity contribution in [2.75, 3.05) is 11.1 Å². The van der Waals surface area contributed by atoms with Gasteiger partial charge in [-0.25, -0.2) is 9.97 Å². The van der Waals surface area contributed by atoms with Gasteiger partial charge in [-0.3, -0.25) is 0 Å². The number of anilines is 3. The van der Waals surface area contributed by atoms with Gasteiger partial charge in [0.05, 0.1) is 18.1 Å². The number of benzene rings is 1. The smallest absolute Gasteiger partial charge is 0.227 e. The highest BCUT2D eigenvalue weighted by Gasteiger charge is 1.97. The number of aryl methyl sites for hydroxylation is 1. The van der Waals surface area contributed by atoms with E-state index in [1.165, 1.54) is 5.56 Å². The molecule has 0 saturated heterocycles. The number of nitrogen functional groups attached to an aromatic ring is 1. The van der Waals surface area contributed by atoms with E-state index in [0.29, 0.717) is 11.6 Å². The molecule has 0 aliphatic heterocycles. The van der Waals surface area contributed by atoms with Crippen molar-refractivity contribution >= 4 is 17.3 Å². The Morgan fingerprint density at radius 2 is 2.00 bits per heavy atom. The first-order valence-electron chi connectivity index (χ1n) is 5.21. The van der Waals surface area contributed by atoms with Crippen LogP contribution in [0.25, 0.3) is 0 Å². The molecule has 0 radical (unpaired) electrons. The van der Waals surface area contributed by atoms with Crippen LogP contribution in [0.4, 0.5) is 17.3 Å². The summed E-state index contributed by atoms with van der Waals surface area (Å²) in [7, 11) is 0. The molecule has 0 unspecified atom stereocenters. The van der Waals surface area contributed by atoms with Crippen molar-refractivity contribution in [3.8, 4) is 0 Å². The van der Waals surface area contributed by atoms with Crippen molar-refractivity contribution < 1.29 is 0 Å². The molecule has 1 heterocycles. The molecule has 0 amide bonds. The second kappa shape index (κ2) is 4.61. The van der Waals surface area contributed by atoms with Crippen LogP contribution in [-0.2, 0) is 6.42 Å². The lowest BCUT2D eigenvalue weighted by Gasteiger charge is -2.05. The van der Waals surface area contributed by atoms with Crippen molar-refractivity contribution in [3.63, 3.8) is 0 Å². The van der Waals surface area contributed by atoms with Crippen LogP contribution in [0.1, 0.15) is 12.5 Å². The Labute approximate surface area is 94.5 Å². The van der Waals surface area contributed by atoms with Crippen molar-refractivity contribution in [1.82, 2.24) is 9.97 Å². The second-order valence-electron chi connectivity index (χ2n) is 3.52. The van der Waals surface area contributed by atoms with Crippen LogP contribution in [0.3, 0.4) is 0 Å². The third-order valence-corrected chi connectivity index (χ3v) is 2.26. The summed E-state index contributed by atoms with van der Waals surface area (Å²) >= 11 is 0. The van der Waals surface area contributed by atoms with Gasteiger partial charge in [-0.05, 0) is 24.1 Å². The van der Waals surface area contributed by atoms with E-state index in [1.807, 2.05) is 12.1 Å². The zero-order valence-corrected chi connectivity index (χ0v) is 9.14. The molecule has 1 aromatic heterocycles. The Hall–Kier alpha value is -2.10. The van der Waals surface area contributed by atoms with Crippen LogP contribution in [0, 0.1) is 0 Å². The molecule has 0 aliphatic carbocycles. The van der Waals surface area contributed by atoms with Crippen LogP contribution in [0.5, 0.6) is 0 Å². The molecule has 4 nitrogen and oxygen atoms in total. The lowest BCUT2D eigenvalue weighted by atomic mass is 10.1. The zero-order valence-electron chi connectivity index (χ0n) is 9.14. The second-order valence-corrected chi connectivity index (χ2v) is 3.52. The first kappa shape index (κ1) is 10.4. The number of nitrogens with zero attached hydrogens (tertiary/aromatic N) is 2. The van der Waals surface area contributed by atoms with E-state index < -0.39 is 0 Å². The fourth-order valence-corrected chi connectivity index (χ4v) is 1.40. The Balaban J connectivity index is 2.16. The number of hydrogen-bond donors (Lipinski definition) is 2. The number of aromatic nitrogens is 2. The first-order chi connectivity index (χ1) is 7.78. The van der Waals surface area contributed by atoms with Gasteiger partial charge >= 0.3 is 0 Å². The fourth-order valence-electron chi connectivity index (χ4n) is 1.40. The van der Waals surface area contributed by atoms with E-state index in [0.717, 1.165) is 12.1 Å². The minimum Gasteiger partial charge on any atom is -0.396 e. The van der Waals surface area contributed by atoms with Crippen molar-refractivity contribution in [3.05, 3.63) is 42.2 Å². The van der Waals surface area contributed by atoms with E-state index in [-0.39, 0.29) is 0 Å². The molecule has 4 heteroatoms. The first-order valence-corrected chi connectivity index (χ1v) is 5.21. The Morgan fingerprint density at radius 1 is 1.25 bits per heavy atom. The zero-order chi connectivity index (χ0) is 11.4. The van der Waals surface area contributed by atoms with Gasteiger partial charge in [-0.1, -0.05) is 19.1 Å². The van der Waals surface area contributed by atoms with Crippen LogP contribution >= 0.6 is 0 Å². The standard InChI is InChI=1S/C12H14N4/c1-2-9-4-3-5-11(6-9)16-12-14-7-10(13)8-15-12/h3-8H,2,13H2,1H3,(H,14,15,16). The molecule has 0 aliphatic rings. The third kappa shape index (κ3) is 2.48. The molecule has 0 atom stereocenters. The Morgan fingerprint density at radius 3 is 2.69 bits per heavy atom. The monoisotopic (exact) mass is 214 g/mol. The van der Waals surface area contributed by atoms with E-state index in [1.54, 1.807) is 12.4 Å². The van der Waals surface area contributed by atoms with Gasteiger partial charge in [0.2, 0.25) is 5.95 Å². The quantitative estimate of drug-likeness (QED) is 0.823. The Bertz CT molecular complexity index is 465. The minimum atomic E-state index is 0.558. The van der Waals surface area contributed by atoms with Gasteiger partial charge in [0.15, 0.2) is 0 Å². The van der Waals surface area contributed by atoms with Crippen LogP contribution < -0.4 is 11.1 Å². The van der Waals surface area contributed by atoms with E-state index in [4.69, 9.17) is 5.73 Å². The summed E-state index contributed by atoms with van der Waals surface area (Å²) in [5.41, 5.74) is 8.34. The maximum atomic E-state index is 5.51. The van der Waals surface area contributed by atoms with Gasteiger partial charge in [-0.2, -0.15) is 0 Å². The maximum Gasteiger partial charge on any atom is 0.227 e. The average Bonchev–Trinajstić information content (AvgIpc) is 2.32.